The van der Waals surface area contributed by atoms with E-state index in [4.69, 9.17) is 4.74 Å². The molecule has 2 unspecified atom stereocenters. The number of alkyl carbamates (subject to hydrolysis) is 1. The highest BCUT2D eigenvalue weighted by molar-refractivity contribution is 5.98. The van der Waals surface area contributed by atoms with Crippen molar-refractivity contribution in [1.82, 2.24) is 10.2 Å². The molecule has 0 saturated carbocycles. The number of carbonyl (C=O) groups is 3. The number of nitrogens with one attached hydrogen (secondary N) is 1. The summed E-state index contributed by atoms with van der Waals surface area (Å²) in [5.74, 6) is -1.26. The zero-order valence-electron chi connectivity index (χ0n) is 19.3. The molecule has 2 aromatic rings. The van der Waals surface area contributed by atoms with E-state index in [1.807, 2.05) is 38.1 Å². The Balaban J connectivity index is 1.16. The standard InChI is InChI=1S/C27H28N2O5/c1-27(2)15-29(23(27)25(31)32)24(30)16-11-12-17(13-16)28-26(33)34-14-22-20-9-5-3-7-18(20)19-8-4-6-10-21(19)22/h3-11,17,22-23H,12-15H2,1-2H3,(H,28,33)(H,31,32). The van der Waals surface area contributed by atoms with Gasteiger partial charge in [0.2, 0.25) is 5.91 Å². The lowest BCUT2D eigenvalue weighted by Gasteiger charge is -2.51. The molecule has 2 atom stereocenters. The summed E-state index contributed by atoms with van der Waals surface area (Å²) < 4.78 is 5.61. The van der Waals surface area contributed by atoms with Gasteiger partial charge in [-0.05, 0) is 35.1 Å². The SMILES string of the molecule is CC1(C)CN(C(=O)C2=CCC(NC(=O)OCC3c4ccccc4-c4ccccc43)C2)C1C(=O)O. The summed E-state index contributed by atoms with van der Waals surface area (Å²) in [6.45, 7) is 4.33. The van der Waals surface area contributed by atoms with Gasteiger partial charge in [0.05, 0.1) is 0 Å². The van der Waals surface area contributed by atoms with Crippen molar-refractivity contribution in [1.29, 1.82) is 0 Å². The first-order chi connectivity index (χ1) is 16.3. The van der Waals surface area contributed by atoms with Crippen LogP contribution in [0.2, 0.25) is 0 Å². The molecule has 0 bridgehead atoms. The predicted molar refractivity (Wildman–Crippen MR) is 126 cm³/mol. The number of rotatable bonds is 5. The zero-order chi connectivity index (χ0) is 24.0. The van der Waals surface area contributed by atoms with Crippen LogP contribution >= 0.6 is 0 Å². The molecule has 1 fully saturated rings. The van der Waals surface area contributed by atoms with Crippen molar-refractivity contribution in [2.45, 2.75) is 44.7 Å². The molecule has 1 heterocycles. The second kappa shape index (κ2) is 8.31. The van der Waals surface area contributed by atoms with Crippen molar-refractivity contribution in [2.24, 2.45) is 5.41 Å². The molecule has 1 saturated heterocycles. The molecule has 5 rings (SSSR count). The Morgan fingerprint density at radius 2 is 1.68 bits per heavy atom. The summed E-state index contributed by atoms with van der Waals surface area (Å²) in [6, 6.07) is 15.3. The van der Waals surface area contributed by atoms with Crippen LogP contribution in [0.25, 0.3) is 11.1 Å². The maximum atomic E-state index is 12.8. The summed E-state index contributed by atoms with van der Waals surface area (Å²) >= 11 is 0. The van der Waals surface area contributed by atoms with Gasteiger partial charge in [0.25, 0.3) is 0 Å². The lowest BCUT2D eigenvalue weighted by Crippen LogP contribution is -2.67. The number of nitrogens with zero attached hydrogens (tertiary/aromatic N) is 1. The number of aliphatic carboxylic acids is 1. The van der Waals surface area contributed by atoms with Gasteiger partial charge in [-0.3, -0.25) is 4.79 Å². The Kier molecular flexibility index (Phi) is 5.42. The summed E-state index contributed by atoms with van der Waals surface area (Å²) in [4.78, 5) is 38.4. The molecule has 0 radical (unpaired) electrons. The molecule has 7 heteroatoms. The largest absolute Gasteiger partial charge is 0.480 e. The zero-order valence-corrected chi connectivity index (χ0v) is 19.3. The lowest BCUT2D eigenvalue weighted by atomic mass is 9.74. The molecule has 2 amide bonds. The third-order valence-corrected chi connectivity index (χ3v) is 7.18. The van der Waals surface area contributed by atoms with Crippen LogP contribution in [0.4, 0.5) is 4.79 Å². The fourth-order valence-electron chi connectivity index (χ4n) is 5.58. The van der Waals surface area contributed by atoms with Crippen LogP contribution in [0, 0.1) is 5.41 Å². The molecule has 2 N–H and O–H groups in total. The third-order valence-electron chi connectivity index (χ3n) is 7.18. The average Bonchev–Trinajstić information content (AvgIpc) is 3.38. The Labute approximate surface area is 198 Å². The van der Waals surface area contributed by atoms with Gasteiger partial charge in [-0.25, -0.2) is 9.59 Å². The van der Waals surface area contributed by atoms with E-state index in [0.717, 1.165) is 11.1 Å². The summed E-state index contributed by atoms with van der Waals surface area (Å²) in [5.41, 5.74) is 4.74. The number of ether oxygens (including phenoxy) is 1. The number of amides is 2. The molecule has 34 heavy (non-hydrogen) atoms. The van der Waals surface area contributed by atoms with Gasteiger partial charge in [-0.2, -0.15) is 0 Å². The van der Waals surface area contributed by atoms with Crippen LogP contribution in [0.5, 0.6) is 0 Å². The molecular formula is C27H28N2O5. The molecule has 1 aliphatic heterocycles. The van der Waals surface area contributed by atoms with Crippen LogP contribution in [-0.4, -0.2) is 53.2 Å². The number of hydrogen-bond donors (Lipinski definition) is 2. The van der Waals surface area contributed by atoms with E-state index in [-0.39, 0.29) is 24.5 Å². The van der Waals surface area contributed by atoms with Crippen molar-refractivity contribution in [3.05, 3.63) is 71.3 Å². The number of carboxylic acid groups (broad SMARTS) is 1. The van der Waals surface area contributed by atoms with E-state index in [1.165, 1.54) is 16.0 Å². The maximum absolute atomic E-state index is 12.8. The average molecular weight is 461 g/mol. The van der Waals surface area contributed by atoms with Crippen LogP contribution in [0.3, 0.4) is 0 Å². The number of likely N-dealkylation sites (tertiary alicyclic amines) is 1. The van der Waals surface area contributed by atoms with E-state index >= 15 is 0 Å². The van der Waals surface area contributed by atoms with Crippen LogP contribution in [0.15, 0.2) is 60.2 Å². The van der Waals surface area contributed by atoms with E-state index in [9.17, 15) is 19.5 Å². The molecular weight excluding hydrogens is 432 g/mol. The fourth-order valence-corrected chi connectivity index (χ4v) is 5.58. The van der Waals surface area contributed by atoms with E-state index < -0.39 is 23.5 Å². The molecule has 2 aromatic carbocycles. The lowest BCUT2D eigenvalue weighted by molar-refractivity contribution is -0.169. The first-order valence-electron chi connectivity index (χ1n) is 11.6. The Morgan fingerprint density at radius 3 is 2.26 bits per heavy atom. The molecule has 0 spiro atoms. The number of carbonyl (C=O) groups excluding carboxylic acids is 2. The van der Waals surface area contributed by atoms with Crippen molar-refractivity contribution < 1.29 is 24.2 Å². The smallest absolute Gasteiger partial charge is 0.407 e. The van der Waals surface area contributed by atoms with Gasteiger partial charge in [-0.15, -0.1) is 0 Å². The minimum atomic E-state index is -0.989. The van der Waals surface area contributed by atoms with E-state index in [2.05, 4.69) is 29.6 Å². The fraction of sp³-hybridized carbons (Fsp3) is 0.370. The normalized spacial score (nSPS) is 22.3. The van der Waals surface area contributed by atoms with Gasteiger partial charge < -0.3 is 20.1 Å². The first kappa shape index (κ1) is 22.2. The van der Waals surface area contributed by atoms with Crippen molar-refractivity contribution in [2.75, 3.05) is 13.2 Å². The van der Waals surface area contributed by atoms with Gasteiger partial charge in [0, 0.05) is 29.5 Å². The Hall–Kier alpha value is -3.61. The van der Waals surface area contributed by atoms with Crippen molar-refractivity contribution in [3.63, 3.8) is 0 Å². The van der Waals surface area contributed by atoms with E-state index in [0.29, 0.717) is 25.0 Å². The Bertz CT molecular complexity index is 1160. The predicted octanol–water partition coefficient (Wildman–Crippen LogP) is 3.94. The quantitative estimate of drug-likeness (QED) is 0.705. The third kappa shape index (κ3) is 3.75. The van der Waals surface area contributed by atoms with Gasteiger partial charge >= 0.3 is 12.1 Å². The minimum Gasteiger partial charge on any atom is -0.480 e. The van der Waals surface area contributed by atoms with E-state index in [1.54, 1.807) is 6.08 Å². The van der Waals surface area contributed by atoms with Gasteiger partial charge in [0.15, 0.2) is 0 Å². The number of hydrogen-bond acceptors (Lipinski definition) is 4. The highest BCUT2D eigenvalue weighted by Crippen LogP contribution is 2.44. The topological polar surface area (TPSA) is 95.9 Å². The van der Waals surface area contributed by atoms with Crippen molar-refractivity contribution in [3.8, 4) is 11.1 Å². The Morgan fingerprint density at radius 1 is 1.06 bits per heavy atom. The highest BCUT2D eigenvalue weighted by Gasteiger charge is 2.53. The molecule has 7 nitrogen and oxygen atoms in total. The molecule has 2 aliphatic carbocycles. The first-order valence-corrected chi connectivity index (χ1v) is 11.6. The monoisotopic (exact) mass is 460 g/mol. The number of benzene rings is 2. The minimum absolute atomic E-state index is 0.0142. The highest BCUT2D eigenvalue weighted by atomic mass is 16.5. The van der Waals surface area contributed by atoms with Crippen LogP contribution in [0.1, 0.15) is 43.7 Å². The maximum Gasteiger partial charge on any atom is 0.407 e. The molecule has 3 aliphatic rings. The molecule has 176 valence electrons. The second-order valence-corrected chi connectivity index (χ2v) is 10.00. The summed E-state index contributed by atoms with van der Waals surface area (Å²) in [5, 5.41) is 12.3. The van der Waals surface area contributed by atoms with Gasteiger partial charge in [-0.1, -0.05) is 68.5 Å². The van der Waals surface area contributed by atoms with Gasteiger partial charge in [0.1, 0.15) is 12.6 Å². The van der Waals surface area contributed by atoms with Crippen LogP contribution < -0.4 is 5.32 Å². The second-order valence-electron chi connectivity index (χ2n) is 10.00. The summed E-state index contributed by atoms with van der Waals surface area (Å²) in [7, 11) is 0. The van der Waals surface area contributed by atoms with Crippen LogP contribution in [-0.2, 0) is 14.3 Å². The number of fused-ring (bicyclic) bond motifs is 3. The van der Waals surface area contributed by atoms with Crippen molar-refractivity contribution >= 4 is 18.0 Å². The summed E-state index contributed by atoms with van der Waals surface area (Å²) in [6.07, 6.45) is 2.16. The number of carboxylic acids is 1. The molecule has 0 aromatic heterocycles.